The molecule has 0 fully saturated rings. The number of sulfone groups is 1. The molecule has 3 N–H and O–H groups in total. The Hall–Kier alpha value is -1.40. The first-order valence-electron chi connectivity index (χ1n) is 5.74. The SMILES string of the molecule is CC(N)C(C)c1nc2ccc(S(C)(=O)=O)cc2[nH]1. The van der Waals surface area contributed by atoms with Gasteiger partial charge in [-0.3, -0.25) is 0 Å². The number of imidazole rings is 1. The second-order valence-corrected chi connectivity index (χ2v) is 6.74. The summed E-state index contributed by atoms with van der Waals surface area (Å²) in [6.07, 6.45) is 1.19. The largest absolute Gasteiger partial charge is 0.342 e. The molecule has 1 heterocycles. The van der Waals surface area contributed by atoms with E-state index in [2.05, 4.69) is 9.97 Å². The standard InChI is InChI=1S/C12H17N3O2S/c1-7(8(2)13)12-14-10-5-4-9(18(3,16)17)6-11(10)15-12/h4-8H,13H2,1-3H3,(H,14,15). The van der Waals surface area contributed by atoms with Crippen molar-refractivity contribution < 1.29 is 8.42 Å². The molecule has 0 amide bonds. The van der Waals surface area contributed by atoms with E-state index in [4.69, 9.17) is 5.73 Å². The first-order valence-corrected chi connectivity index (χ1v) is 7.63. The van der Waals surface area contributed by atoms with Crippen molar-refractivity contribution in [2.24, 2.45) is 5.73 Å². The van der Waals surface area contributed by atoms with Crippen LogP contribution in [-0.2, 0) is 9.84 Å². The highest BCUT2D eigenvalue weighted by Gasteiger charge is 2.16. The van der Waals surface area contributed by atoms with Crippen LogP contribution in [0.25, 0.3) is 11.0 Å². The van der Waals surface area contributed by atoms with Gasteiger partial charge in [-0.2, -0.15) is 0 Å². The first-order chi connectivity index (χ1) is 8.29. The van der Waals surface area contributed by atoms with Crippen molar-refractivity contribution in [3.63, 3.8) is 0 Å². The molecule has 98 valence electrons. The van der Waals surface area contributed by atoms with Crippen molar-refractivity contribution in [2.75, 3.05) is 6.26 Å². The highest BCUT2D eigenvalue weighted by Crippen LogP contribution is 2.21. The van der Waals surface area contributed by atoms with E-state index in [1.807, 2.05) is 13.8 Å². The lowest BCUT2D eigenvalue weighted by Crippen LogP contribution is -2.23. The topological polar surface area (TPSA) is 88.8 Å². The number of aromatic amines is 1. The summed E-state index contributed by atoms with van der Waals surface area (Å²) < 4.78 is 22.9. The van der Waals surface area contributed by atoms with Gasteiger partial charge in [0.25, 0.3) is 0 Å². The number of nitrogens with one attached hydrogen (secondary N) is 1. The third kappa shape index (κ3) is 2.39. The Morgan fingerprint density at radius 1 is 1.33 bits per heavy atom. The van der Waals surface area contributed by atoms with Crippen LogP contribution in [-0.4, -0.2) is 30.7 Å². The first kappa shape index (κ1) is 13.0. The predicted molar refractivity (Wildman–Crippen MR) is 71.3 cm³/mol. The third-order valence-corrected chi connectivity index (χ3v) is 4.23. The monoisotopic (exact) mass is 267 g/mol. The van der Waals surface area contributed by atoms with Gasteiger partial charge in [0.15, 0.2) is 9.84 Å². The molecule has 2 atom stereocenters. The molecule has 18 heavy (non-hydrogen) atoms. The quantitative estimate of drug-likeness (QED) is 0.880. The van der Waals surface area contributed by atoms with Crippen LogP contribution >= 0.6 is 0 Å². The summed E-state index contributed by atoms with van der Waals surface area (Å²) >= 11 is 0. The van der Waals surface area contributed by atoms with E-state index in [0.717, 1.165) is 16.9 Å². The van der Waals surface area contributed by atoms with E-state index in [1.165, 1.54) is 6.26 Å². The number of fused-ring (bicyclic) bond motifs is 1. The molecular formula is C12H17N3O2S. The fourth-order valence-electron chi connectivity index (χ4n) is 1.70. The highest BCUT2D eigenvalue weighted by atomic mass is 32.2. The van der Waals surface area contributed by atoms with Gasteiger partial charge >= 0.3 is 0 Å². The molecule has 0 aliphatic rings. The Morgan fingerprint density at radius 2 is 2.00 bits per heavy atom. The number of aromatic nitrogens is 2. The molecule has 1 aromatic carbocycles. The summed E-state index contributed by atoms with van der Waals surface area (Å²) in [5, 5.41) is 0. The summed E-state index contributed by atoms with van der Waals surface area (Å²) in [6, 6.07) is 4.87. The Labute approximate surface area is 106 Å². The van der Waals surface area contributed by atoms with E-state index in [-0.39, 0.29) is 12.0 Å². The maximum absolute atomic E-state index is 11.5. The van der Waals surface area contributed by atoms with Gasteiger partial charge in [-0.25, -0.2) is 13.4 Å². The van der Waals surface area contributed by atoms with Gasteiger partial charge in [-0.15, -0.1) is 0 Å². The van der Waals surface area contributed by atoms with Crippen molar-refractivity contribution >= 4 is 20.9 Å². The lowest BCUT2D eigenvalue weighted by atomic mass is 10.0. The van der Waals surface area contributed by atoms with Gasteiger partial charge in [0.05, 0.1) is 15.9 Å². The van der Waals surface area contributed by atoms with Crippen molar-refractivity contribution in [2.45, 2.75) is 30.7 Å². The van der Waals surface area contributed by atoms with E-state index in [9.17, 15) is 8.42 Å². The molecule has 6 heteroatoms. The summed E-state index contributed by atoms with van der Waals surface area (Å²) in [4.78, 5) is 7.85. The fourth-order valence-corrected chi connectivity index (χ4v) is 2.35. The summed E-state index contributed by atoms with van der Waals surface area (Å²) in [7, 11) is -3.19. The zero-order valence-electron chi connectivity index (χ0n) is 10.6. The number of hydrogen-bond donors (Lipinski definition) is 2. The minimum Gasteiger partial charge on any atom is -0.342 e. The Kier molecular flexibility index (Phi) is 3.16. The molecule has 2 unspecified atom stereocenters. The van der Waals surface area contributed by atoms with Gasteiger partial charge in [0, 0.05) is 18.2 Å². The molecule has 0 aliphatic carbocycles. The van der Waals surface area contributed by atoms with Crippen molar-refractivity contribution in [3.05, 3.63) is 24.0 Å². The van der Waals surface area contributed by atoms with Crippen molar-refractivity contribution in [1.29, 1.82) is 0 Å². The fraction of sp³-hybridized carbons (Fsp3) is 0.417. The van der Waals surface area contributed by atoms with E-state index >= 15 is 0 Å². The average molecular weight is 267 g/mol. The number of nitrogens with zero attached hydrogens (tertiary/aromatic N) is 1. The number of rotatable bonds is 3. The van der Waals surface area contributed by atoms with Gasteiger partial charge in [0.2, 0.25) is 0 Å². The molecule has 5 nitrogen and oxygen atoms in total. The van der Waals surface area contributed by atoms with Gasteiger partial charge in [-0.05, 0) is 25.1 Å². The molecule has 0 radical (unpaired) electrons. The summed E-state index contributed by atoms with van der Waals surface area (Å²) in [6.45, 7) is 3.90. The highest BCUT2D eigenvalue weighted by molar-refractivity contribution is 7.90. The minimum atomic E-state index is -3.19. The maximum Gasteiger partial charge on any atom is 0.175 e. The zero-order chi connectivity index (χ0) is 13.5. The zero-order valence-corrected chi connectivity index (χ0v) is 11.5. The molecule has 0 spiro atoms. The van der Waals surface area contributed by atoms with E-state index < -0.39 is 9.84 Å². The summed E-state index contributed by atoms with van der Waals surface area (Å²) in [5.41, 5.74) is 7.31. The molecule has 0 saturated heterocycles. The van der Waals surface area contributed by atoms with E-state index in [1.54, 1.807) is 18.2 Å². The molecular weight excluding hydrogens is 250 g/mol. The second-order valence-electron chi connectivity index (χ2n) is 4.72. The molecule has 1 aromatic heterocycles. The maximum atomic E-state index is 11.5. The predicted octanol–water partition coefficient (Wildman–Crippen LogP) is 1.42. The van der Waals surface area contributed by atoms with Crippen LogP contribution in [0.5, 0.6) is 0 Å². The van der Waals surface area contributed by atoms with Crippen LogP contribution in [0.4, 0.5) is 0 Å². The lowest BCUT2D eigenvalue weighted by Gasteiger charge is -2.11. The Bertz CT molecular complexity index is 674. The van der Waals surface area contributed by atoms with Crippen LogP contribution in [0.3, 0.4) is 0 Å². The number of hydrogen-bond acceptors (Lipinski definition) is 4. The van der Waals surface area contributed by atoms with Crippen molar-refractivity contribution in [3.8, 4) is 0 Å². The Morgan fingerprint density at radius 3 is 2.56 bits per heavy atom. The number of H-pyrrole nitrogens is 1. The number of benzene rings is 1. The second kappa shape index (κ2) is 4.37. The third-order valence-electron chi connectivity index (χ3n) is 3.12. The van der Waals surface area contributed by atoms with Crippen LogP contribution in [0, 0.1) is 0 Å². The molecule has 0 bridgehead atoms. The van der Waals surface area contributed by atoms with Crippen LogP contribution < -0.4 is 5.73 Å². The molecule has 2 aromatic rings. The van der Waals surface area contributed by atoms with Crippen LogP contribution in [0.2, 0.25) is 0 Å². The molecule has 0 aliphatic heterocycles. The molecule has 0 saturated carbocycles. The van der Waals surface area contributed by atoms with Gasteiger partial charge in [0.1, 0.15) is 5.82 Å². The normalized spacial score (nSPS) is 15.8. The summed E-state index contributed by atoms with van der Waals surface area (Å²) in [5.74, 6) is 0.879. The van der Waals surface area contributed by atoms with Crippen LogP contribution in [0.15, 0.2) is 23.1 Å². The number of nitrogens with two attached hydrogens (primary N) is 1. The molecule has 2 rings (SSSR count). The van der Waals surface area contributed by atoms with Crippen molar-refractivity contribution in [1.82, 2.24) is 9.97 Å². The minimum absolute atomic E-state index is 0.0139. The van der Waals surface area contributed by atoms with Gasteiger partial charge in [-0.1, -0.05) is 6.92 Å². The Balaban J connectivity index is 2.53. The van der Waals surface area contributed by atoms with Gasteiger partial charge < -0.3 is 10.7 Å². The average Bonchev–Trinajstić information content (AvgIpc) is 2.68. The van der Waals surface area contributed by atoms with E-state index in [0.29, 0.717) is 4.90 Å². The lowest BCUT2D eigenvalue weighted by molar-refractivity contribution is 0.588. The smallest absolute Gasteiger partial charge is 0.175 e. The van der Waals surface area contributed by atoms with Crippen LogP contribution in [0.1, 0.15) is 25.6 Å².